The summed E-state index contributed by atoms with van der Waals surface area (Å²) in [4.78, 5) is 13.1. The fourth-order valence-corrected chi connectivity index (χ4v) is 6.11. The molecule has 1 aliphatic carbocycles. The minimum absolute atomic E-state index is 0.000103. The van der Waals surface area contributed by atoms with E-state index in [0.29, 0.717) is 17.7 Å². The van der Waals surface area contributed by atoms with Crippen LogP contribution < -0.4 is 0 Å². The van der Waals surface area contributed by atoms with Crippen LogP contribution in [0.5, 0.6) is 0 Å². The van der Waals surface area contributed by atoms with Crippen LogP contribution in [0.25, 0.3) is 0 Å². The lowest BCUT2D eigenvalue weighted by Crippen LogP contribution is -2.39. The normalized spacial score (nSPS) is 29.1. The number of hydrogen-bond donors (Lipinski definition) is 0. The number of ketones is 1. The molecule has 1 heterocycles. The van der Waals surface area contributed by atoms with Crippen molar-refractivity contribution in [2.75, 3.05) is 6.61 Å². The molecule has 0 unspecified atom stereocenters. The Kier molecular flexibility index (Phi) is 3.58. The van der Waals surface area contributed by atoms with E-state index in [0.717, 1.165) is 0 Å². The molecular formula is C19H18O4S. The van der Waals surface area contributed by atoms with Gasteiger partial charge in [-0.3, -0.25) is 4.79 Å². The predicted molar refractivity (Wildman–Crippen MR) is 89.5 cm³/mol. The second kappa shape index (κ2) is 5.53. The highest BCUT2D eigenvalue weighted by atomic mass is 32.2. The molecule has 2 aliphatic rings. The van der Waals surface area contributed by atoms with Gasteiger partial charge in [0.05, 0.1) is 28.8 Å². The van der Waals surface area contributed by atoms with Crippen molar-refractivity contribution in [3.63, 3.8) is 0 Å². The maximum atomic E-state index is 13.3. The largest absolute Gasteiger partial charge is 0.377 e. The molecular weight excluding hydrogens is 324 g/mol. The number of carbonyl (C=O) groups is 1. The van der Waals surface area contributed by atoms with Crippen LogP contribution in [-0.2, 0) is 14.6 Å². The maximum absolute atomic E-state index is 13.3. The second-order valence-electron chi connectivity index (χ2n) is 6.46. The van der Waals surface area contributed by atoms with Crippen LogP contribution in [0.3, 0.4) is 0 Å². The first-order chi connectivity index (χ1) is 11.5. The first-order valence-corrected chi connectivity index (χ1v) is 9.60. The van der Waals surface area contributed by atoms with Crippen molar-refractivity contribution < 1.29 is 17.9 Å². The monoisotopic (exact) mass is 342 g/mol. The second-order valence-corrected chi connectivity index (χ2v) is 8.53. The lowest BCUT2D eigenvalue weighted by molar-refractivity contribution is 0.0754. The molecule has 0 aromatic heterocycles. The van der Waals surface area contributed by atoms with E-state index < -0.39 is 21.0 Å². The molecule has 0 saturated carbocycles. The van der Waals surface area contributed by atoms with E-state index >= 15 is 0 Å². The highest BCUT2D eigenvalue weighted by Crippen LogP contribution is 2.49. The molecule has 4 rings (SSSR count). The summed E-state index contributed by atoms with van der Waals surface area (Å²) in [6.45, 7) is 2.14. The summed E-state index contributed by atoms with van der Waals surface area (Å²) in [7, 11) is -3.61. The molecule has 4 nitrogen and oxygen atoms in total. The third kappa shape index (κ3) is 2.15. The van der Waals surface area contributed by atoms with Crippen LogP contribution in [0, 0.1) is 11.8 Å². The molecule has 124 valence electrons. The summed E-state index contributed by atoms with van der Waals surface area (Å²) in [5, 5.41) is -0.747. The zero-order chi connectivity index (χ0) is 16.9. The first-order valence-electron chi connectivity index (χ1n) is 8.05. The van der Waals surface area contributed by atoms with Crippen molar-refractivity contribution in [1.29, 1.82) is 0 Å². The van der Waals surface area contributed by atoms with Gasteiger partial charge in [-0.2, -0.15) is 0 Å². The third-order valence-electron chi connectivity index (χ3n) is 5.15. The number of sulfone groups is 1. The van der Waals surface area contributed by atoms with E-state index in [2.05, 4.69) is 0 Å². The van der Waals surface area contributed by atoms with Crippen LogP contribution in [0.1, 0.15) is 28.1 Å². The van der Waals surface area contributed by atoms with Gasteiger partial charge in [-0.05, 0) is 24.6 Å². The number of rotatable bonds is 2. The van der Waals surface area contributed by atoms with Gasteiger partial charge >= 0.3 is 0 Å². The van der Waals surface area contributed by atoms with Gasteiger partial charge in [0.15, 0.2) is 15.6 Å². The molecule has 2 aromatic rings. The van der Waals surface area contributed by atoms with Crippen molar-refractivity contribution in [3.8, 4) is 0 Å². The van der Waals surface area contributed by atoms with E-state index in [1.807, 2.05) is 6.92 Å². The van der Waals surface area contributed by atoms with E-state index in [1.165, 1.54) is 0 Å². The molecule has 2 aromatic carbocycles. The van der Waals surface area contributed by atoms with E-state index in [4.69, 9.17) is 4.74 Å². The SMILES string of the molecule is C[C@@H]1OC[C@@H]2[C@@H]1C(=O)c1ccccc1[C@H]2S(=O)(=O)c1ccccc1. The summed E-state index contributed by atoms with van der Waals surface area (Å²) in [5.41, 5.74) is 1.12. The molecule has 1 fully saturated rings. The van der Waals surface area contributed by atoms with Crippen LogP contribution >= 0.6 is 0 Å². The average Bonchev–Trinajstić information content (AvgIpc) is 2.97. The molecule has 24 heavy (non-hydrogen) atoms. The lowest BCUT2D eigenvalue weighted by Gasteiger charge is -2.34. The quantitative estimate of drug-likeness (QED) is 0.842. The Hall–Kier alpha value is -1.98. The van der Waals surface area contributed by atoms with Crippen LogP contribution in [0.4, 0.5) is 0 Å². The molecule has 0 N–H and O–H groups in total. The van der Waals surface area contributed by atoms with Crippen molar-refractivity contribution in [2.24, 2.45) is 11.8 Å². The fraction of sp³-hybridized carbons (Fsp3) is 0.316. The Bertz CT molecular complexity index is 889. The van der Waals surface area contributed by atoms with Crippen LogP contribution in [-0.4, -0.2) is 26.9 Å². The highest BCUT2D eigenvalue weighted by molar-refractivity contribution is 7.91. The molecule has 0 bridgehead atoms. The summed E-state index contributed by atoms with van der Waals surface area (Å²) in [6, 6.07) is 15.5. The van der Waals surface area contributed by atoms with Crippen molar-refractivity contribution in [3.05, 3.63) is 65.7 Å². The summed E-state index contributed by atoms with van der Waals surface area (Å²) in [6.07, 6.45) is -0.260. The zero-order valence-corrected chi connectivity index (χ0v) is 14.1. The predicted octanol–water partition coefficient (Wildman–Crippen LogP) is 3.05. The molecule has 0 radical (unpaired) electrons. The maximum Gasteiger partial charge on any atom is 0.185 e. The number of hydrogen-bond acceptors (Lipinski definition) is 4. The van der Waals surface area contributed by atoms with E-state index in [1.54, 1.807) is 54.6 Å². The average molecular weight is 342 g/mol. The van der Waals surface area contributed by atoms with Crippen LogP contribution in [0.15, 0.2) is 59.5 Å². The van der Waals surface area contributed by atoms with Gasteiger partial charge in [-0.25, -0.2) is 8.42 Å². The van der Waals surface area contributed by atoms with Gasteiger partial charge in [0.2, 0.25) is 0 Å². The minimum atomic E-state index is -3.61. The molecule has 1 saturated heterocycles. The highest BCUT2D eigenvalue weighted by Gasteiger charge is 2.53. The number of carbonyl (C=O) groups excluding carboxylic acids is 1. The van der Waals surface area contributed by atoms with Gasteiger partial charge in [-0.1, -0.05) is 42.5 Å². The number of benzene rings is 2. The Morgan fingerprint density at radius 3 is 2.42 bits per heavy atom. The van der Waals surface area contributed by atoms with Gasteiger partial charge in [-0.15, -0.1) is 0 Å². The number of ether oxygens (including phenoxy) is 1. The first kappa shape index (κ1) is 15.5. The molecule has 5 heteroatoms. The van der Waals surface area contributed by atoms with E-state index in [-0.39, 0.29) is 22.7 Å². The molecule has 1 aliphatic heterocycles. The summed E-state index contributed by atoms with van der Waals surface area (Å²) in [5.74, 6) is -0.740. The van der Waals surface area contributed by atoms with Crippen molar-refractivity contribution >= 4 is 15.6 Å². The van der Waals surface area contributed by atoms with Crippen molar-refractivity contribution in [2.45, 2.75) is 23.2 Å². The molecule has 4 atom stereocenters. The smallest absolute Gasteiger partial charge is 0.185 e. The minimum Gasteiger partial charge on any atom is -0.377 e. The fourth-order valence-electron chi connectivity index (χ4n) is 4.04. The van der Waals surface area contributed by atoms with Gasteiger partial charge < -0.3 is 4.74 Å². The Balaban J connectivity index is 1.93. The van der Waals surface area contributed by atoms with E-state index in [9.17, 15) is 13.2 Å². The summed E-state index contributed by atoms with van der Waals surface area (Å²) < 4.78 is 32.4. The van der Waals surface area contributed by atoms with Crippen molar-refractivity contribution in [1.82, 2.24) is 0 Å². The van der Waals surface area contributed by atoms with Gasteiger partial charge in [0.25, 0.3) is 0 Å². The Labute approximate surface area is 141 Å². The molecule has 0 spiro atoms. The number of Topliss-reactive ketones (excluding diaryl/α,β-unsaturated/α-hetero) is 1. The standard InChI is InChI=1S/C19H18O4S/c1-12-17-16(11-23-12)19(15-10-6-5-9-14(15)18(17)20)24(21,22)13-7-3-2-4-8-13/h2-10,12,16-17,19H,11H2,1H3/t12-,16+,17+,19+/m0/s1. The number of fused-ring (bicyclic) bond motifs is 2. The third-order valence-corrected chi connectivity index (χ3v) is 7.35. The topological polar surface area (TPSA) is 60.4 Å². The van der Waals surface area contributed by atoms with Crippen LogP contribution in [0.2, 0.25) is 0 Å². The summed E-state index contributed by atoms with van der Waals surface area (Å²) >= 11 is 0. The molecule has 0 amide bonds. The Morgan fingerprint density at radius 1 is 1.00 bits per heavy atom. The van der Waals surface area contributed by atoms with Gasteiger partial charge in [0.1, 0.15) is 0 Å². The Morgan fingerprint density at radius 2 is 1.67 bits per heavy atom. The lowest BCUT2D eigenvalue weighted by atomic mass is 9.74. The zero-order valence-electron chi connectivity index (χ0n) is 13.3. The van der Waals surface area contributed by atoms with Gasteiger partial charge in [0, 0.05) is 11.5 Å².